The Morgan fingerprint density at radius 1 is 1.50 bits per heavy atom. The number of ether oxygens (including phenoxy) is 1. The van der Waals surface area contributed by atoms with Gasteiger partial charge in [-0.25, -0.2) is 5.43 Å². The maximum absolute atomic E-state index is 11.1. The van der Waals surface area contributed by atoms with Crippen LogP contribution in [0.2, 0.25) is 0 Å². The predicted molar refractivity (Wildman–Crippen MR) is 71.6 cm³/mol. The molecule has 20 heavy (non-hydrogen) atoms. The highest BCUT2D eigenvalue weighted by Gasteiger charge is 2.43. The molecule has 106 valence electrons. The van der Waals surface area contributed by atoms with Gasteiger partial charge in [0.25, 0.3) is 0 Å². The van der Waals surface area contributed by atoms with Crippen LogP contribution in [0.3, 0.4) is 0 Å². The lowest BCUT2D eigenvalue weighted by Crippen LogP contribution is -2.55. The largest absolute Gasteiger partial charge is 0.485 e. The number of hydrogen-bond acceptors (Lipinski definition) is 5. The van der Waals surface area contributed by atoms with Crippen LogP contribution in [-0.2, 0) is 4.79 Å². The summed E-state index contributed by atoms with van der Waals surface area (Å²) in [5, 5.41) is 19.4. The SMILES string of the molecule is CC(=O)NNC1c2cc(C#N)ccc2OC(C)(C)C1O. The second-order valence-electron chi connectivity index (χ2n) is 5.32. The summed E-state index contributed by atoms with van der Waals surface area (Å²) in [5.74, 6) is 0.321. The number of nitriles is 1. The van der Waals surface area contributed by atoms with Crippen molar-refractivity contribution >= 4 is 5.91 Å². The summed E-state index contributed by atoms with van der Waals surface area (Å²) < 4.78 is 5.76. The second kappa shape index (κ2) is 5.12. The summed E-state index contributed by atoms with van der Waals surface area (Å²) >= 11 is 0. The number of hydrazine groups is 1. The van der Waals surface area contributed by atoms with Gasteiger partial charge < -0.3 is 9.84 Å². The van der Waals surface area contributed by atoms with E-state index >= 15 is 0 Å². The number of rotatable bonds is 2. The van der Waals surface area contributed by atoms with Crippen LogP contribution in [0.1, 0.15) is 37.9 Å². The predicted octanol–water partition coefficient (Wildman–Crippen LogP) is 0.772. The highest BCUT2D eigenvalue weighted by atomic mass is 16.5. The van der Waals surface area contributed by atoms with Crippen LogP contribution in [0.4, 0.5) is 0 Å². The zero-order valence-electron chi connectivity index (χ0n) is 11.6. The fraction of sp³-hybridized carbons (Fsp3) is 0.429. The third-order valence-electron chi connectivity index (χ3n) is 3.28. The summed E-state index contributed by atoms with van der Waals surface area (Å²) in [6.45, 7) is 4.90. The minimum atomic E-state index is -0.879. The number of amides is 1. The van der Waals surface area contributed by atoms with Gasteiger partial charge in [-0.05, 0) is 32.0 Å². The van der Waals surface area contributed by atoms with Crippen molar-refractivity contribution in [3.8, 4) is 11.8 Å². The fourth-order valence-electron chi connectivity index (χ4n) is 2.21. The first-order valence-corrected chi connectivity index (χ1v) is 6.28. The Labute approximate surface area is 117 Å². The van der Waals surface area contributed by atoms with E-state index in [4.69, 9.17) is 10.00 Å². The third-order valence-corrected chi connectivity index (χ3v) is 3.28. The molecule has 1 aliphatic heterocycles. The van der Waals surface area contributed by atoms with E-state index in [0.29, 0.717) is 16.9 Å². The van der Waals surface area contributed by atoms with Crippen molar-refractivity contribution in [1.29, 1.82) is 5.26 Å². The molecule has 1 amide bonds. The number of aliphatic hydroxyl groups is 1. The van der Waals surface area contributed by atoms with E-state index in [2.05, 4.69) is 10.9 Å². The number of benzene rings is 1. The standard InChI is InChI=1S/C14H17N3O3/c1-8(18)16-17-12-10-6-9(7-15)4-5-11(10)20-14(2,3)13(12)19/h4-6,12-13,17,19H,1-3H3,(H,16,18). The molecule has 0 spiro atoms. The molecule has 0 aromatic heterocycles. The average molecular weight is 275 g/mol. The molecule has 0 saturated carbocycles. The molecule has 2 rings (SSSR count). The van der Waals surface area contributed by atoms with Crippen molar-refractivity contribution in [2.45, 2.75) is 38.5 Å². The molecular formula is C14H17N3O3. The Balaban J connectivity index is 2.42. The Bertz CT molecular complexity index is 578. The number of hydrogen-bond donors (Lipinski definition) is 3. The summed E-state index contributed by atoms with van der Waals surface area (Å²) in [5.41, 5.74) is 5.57. The van der Waals surface area contributed by atoms with Crippen LogP contribution in [0.15, 0.2) is 18.2 Å². The van der Waals surface area contributed by atoms with Crippen molar-refractivity contribution in [3.63, 3.8) is 0 Å². The number of aliphatic hydroxyl groups excluding tert-OH is 1. The maximum Gasteiger partial charge on any atom is 0.230 e. The minimum Gasteiger partial charge on any atom is -0.485 e. The van der Waals surface area contributed by atoms with Crippen LogP contribution < -0.4 is 15.6 Å². The molecule has 1 aromatic carbocycles. The van der Waals surface area contributed by atoms with Gasteiger partial charge >= 0.3 is 0 Å². The van der Waals surface area contributed by atoms with Crippen LogP contribution >= 0.6 is 0 Å². The van der Waals surface area contributed by atoms with E-state index in [1.54, 1.807) is 32.0 Å². The Hall–Kier alpha value is -2.10. The number of nitrogens with zero attached hydrogens (tertiary/aromatic N) is 1. The van der Waals surface area contributed by atoms with Crippen molar-refractivity contribution in [2.24, 2.45) is 0 Å². The van der Waals surface area contributed by atoms with Crippen molar-refractivity contribution < 1.29 is 14.6 Å². The van der Waals surface area contributed by atoms with Gasteiger partial charge in [0.1, 0.15) is 17.5 Å². The molecule has 1 aliphatic rings. The molecular weight excluding hydrogens is 258 g/mol. The van der Waals surface area contributed by atoms with Crippen LogP contribution in [-0.4, -0.2) is 22.7 Å². The lowest BCUT2D eigenvalue weighted by atomic mass is 9.86. The summed E-state index contributed by atoms with van der Waals surface area (Å²) in [6.07, 6.45) is -0.879. The van der Waals surface area contributed by atoms with Gasteiger partial charge in [0.2, 0.25) is 5.91 Å². The van der Waals surface area contributed by atoms with Gasteiger partial charge in [0, 0.05) is 12.5 Å². The first-order chi connectivity index (χ1) is 9.35. The van der Waals surface area contributed by atoms with Gasteiger partial charge in [0.05, 0.1) is 17.7 Å². The summed E-state index contributed by atoms with van der Waals surface area (Å²) in [4.78, 5) is 11.1. The topological polar surface area (TPSA) is 94.4 Å². The monoisotopic (exact) mass is 275 g/mol. The molecule has 0 bridgehead atoms. The van der Waals surface area contributed by atoms with Gasteiger partial charge in [-0.3, -0.25) is 10.2 Å². The first-order valence-electron chi connectivity index (χ1n) is 6.28. The van der Waals surface area contributed by atoms with Crippen LogP contribution in [0, 0.1) is 11.3 Å². The highest BCUT2D eigenvalue weighted by molar-refractivity contribution is 5.72. The Morgan fingerprint density at radius 2 is 2.20 bits per heavy atom. The quantitative estimate of drug-likeness (QED) is 0.693. The molecule has 0 aliphatic carbocycles. The molecule has 1 aromatic rings. The van der Waals surface area contributed by atoms with Gasteiger partial charge in [0.15, 0.2) is 0 Å². The summed E-state index contributed by atoms with van der Waals surface area (Å²) in [6, 6.07) is 6.50. The highest BCUT2D eigenvalue weighted by Crippen LogP contribution is 2.39. The van der Waals surface area contributed by atoms with Gasteiger partial charge in [-0.15, -0.1) is 0 Å². The molecule has 1 heterocycles. The average Bonchev–Trinajstić information content (AvgIpc) is 2.38. The second-order valence-corrected chi connectivity index (χ2v) is 5.32. The lowest BCUT2D eigenvalue weighted by molar-refractivity contribution is -0.121. The van der Waals surface area contributed by atoms with E-state index < -0.39 is 17.7 Å². The lowest BCUT2D eigenvalue weighted by Gasteiger charge is -2.42. The van der Waals surface area contributed by atoms with Gasteiger partial charge in [-0.1, -0.05) is 0 Å². The van der Waals surface area contributed by atoms with Crippen molar-refractivity contribution in [2.75, 3.05) is 0 Å². The normalized spacial score (nSPS) is 23.1. The van der Waals surface area contributed by atoms with E-state index in [0.717, 1.165) is 0 Å². The number of carbonyl (C=O) groups excluding carboxylic acids is 1. The zero-order valence-corrected chi connectivity index (χ0v) is 11.6. The smallest absolute Gasteiger partial charge is 0.230 e. The van der Waals surface area contributed by atoms with E-state index in [9.17, 15) is 9.90 Å². The van der Waals surface area contributed by atoms with Crippen LogP contribution in [0.25, 0.3) is 0 Å². The number of nitrogens with one attached hydrogen (secondary N) is 2. The fourth-order valence-corrected chi connectivity index (χ4v) is 2.21. The van der Waals surface area contributed by atoms with Gasteiger partial charge in [-0.2, -0.15) is 5.26 Å². The molecule has 6 heteroatoms. The van der Waals surface area contributed by atoms with E-state index in [1.807, 2.05) is 6.07 Å². The van der Waals surface area contributed by atoms with Crippen LogP contribution in [0.5, 0.6) is 5.75 Å². The summed E-state index contributed by atoms with van der Waals surface area (Å²) in [7, 11) is 0. The molecule has 3 N–H and O–H groups in total. The third kappa shape index (κ3) is 2.59. The van der Waals surface area contributed by atoms with E-state index in [1.165, 1.54) is 6.92 Å². The molecule has 2 unspecified atom stereocenters. The molecule has 2 atom stereocenters. The first kappa shape index (κ1) is 14.3. The van der Waals surface area contributed by atoms with Crippen molar-refractivity contribution in [3.05, 3.63) is 29.3 Å². The molecule has 0 saturated heterocycles. The Morgan fingerprint density at radius 3 is 2.80 bits per heavy atom. The number of carbonyl (C=O) groups is 1. The number of fused-ring (bicyclic) bond motifs is 1. The molecule has 0 radical (unpaired) electrons. The molecule has 6 nitrogen and oxygen atoms in total. The van der Waals surface area contributed by atoms with Crippen molar-refractivity contribution in [1.82, 2.24) is 10.9 Å². The minimum absolute atomic E-state index is 0.264. The zero-order chi connectivity index (χ0) is 14.9. The van der Waals surface area contributed by atoms with E-state index in [-0.39, 0.29) is 5.91 Å². The maximum atomic E-state index is 11.1. The Kier molecular flexibility index (Phi) is 3.66. The molecule has 0 fully saturated rings.